The second-order valence-electron chi connectivity index (χ2n) is 4.42. The van der Waals surface area contributed by atoms with Crippen LogP contribution in [0.15, 0.2) is 18.2 Å². The SMILES string of the molecule is CC(C)(CCO)NCc1cccc(Cl)c1F. The van der Waals surface area contributed by atoms with Crippen LogP contribution in [0.4, 0.5) is 4.39 Å². The molecule has 0 unspecified atom stereocenters. The topological polar surface area (TPSA) is 32.3 Å². The fraction of sp³-hybridized carbons (Fsp3) is 0.500. The molecule has 16 heavy (non-hydrogen) atoms. The van der Waals surface area contributed by atoms with Gasteiger partial charge < -0.3 is 10.4 Å². The summed E-state index contributed by atoms with van der Waals surface area (Å²) in [7, 11) is 0. The Morgan fingerprint density at radius 3 is 2.75 bits per heavy atom. The number of nitrogens with one attached hydrogen (secondary N) is 1. The lowest BCUT2D eigenvalue weighted by Crippen LogP contribution is -2.39. The molecule has 0 radical (unpaired) electrons. The van der Waals surface area contributed by atoms with Gasteiger partial charge in [-0.25, -0.2) is 4.39 Å². The molecule has 0 saturated carbocycles. The molecule has 1 aromatic rings. The average Bonchev–Trinajstić information content (AvgIpc) is 2.20. The Balaban J connectivity index is 2.64. The van der Waals surface area contributed by atoms with Crippen molar-refractivity contribution in [3.8, 4) is 0 Å². The Labute approximate surface area is 100 Å². The van der Waals surface area contributed by atoms with Crippen molar-refractivity contribution in [2.45, 2.75) is 32.4 Å². The number of halogens is 2. The third kappa shape index (κ3) is 3.74. The first kappa shape index (κ1) is 13.4. The maximum absolute atomic E-state index is 13.5. The highest BCUT2D eigenvalue weighted by Gasteiger charge is 2.17. The van der Waals surface area contributed by atoms with Crippen molar-refractivity contribution in [2.24, 2.45) is 0 Å². The minimum Gasteiger partial charge on any atom is -0.396 e. The number of hydrogen-bond acceptors (Lipinski definition) is 2. The Morgan fingerprint density at radius 1 is 1.44 bits per heavy atom. The van der Waals surface area contributed by atoms with Crippen LogP contribution in [0.25, 0.3) is 0 Å². The fourth-order valence-corrected chi connectivity index (χ4v) is 1.58. The van der Waals surface area contributed by atoms with Crippen molar-refractivity contribution >= 4 is 11.6 Å². The van der Waals surface area contributed by atoms with E-state index in [1.54, 1.807) is 12.1 Å². The van der Waals surface area contributed by atoms with E-state index in [9.17, 15) is 4.39 Å². The summed E-state index contributed by atoms with van der Waals surface area (Å²) in [5, 5.41) is 12.2. The van der Waals surface area contributed by atoms with E-state index in [1.165, 1.54) is 6.07 Å². The summed E-state index contributed by atoms with van der Waals surface area (Å²) >= 11 is 5.68. The van der Waals surface area contributed by atoms with Crippen LogP contribution in [0.3, 0.4) is 0 Å². The van der Waals surface area contributed by atoms with Crippen molar-refractivity contribution in [3.05, 3.63) is 34.6 Å². The summed E-state index contributed by atoms with van der Waals surface area (Å²) in [4.78, 5) is 0. The molecule has 0 aliphatic heterocycles. The number of hydrogen-bond donors (Lipinski definition) is 2. The van der Waals surface area contributed by atoms with Gasteiger partial charge in [-0.05, 0) is 26.3 Å². The normalized spacial score (nSPS) is 11.8. The first-order valence-corrected chi connectivity index (χ1v) is 5.63. The maximum atomic E-state index is 13.5. The van der Waals surface area contributed by atoms with Gasteiger partial charge in [0.25, 0.3) is 0 Å². The standard InChI is InChI=1S/C12H17ClFNO/c1-12(2,6-7-16)15-8-9-4-3-5-10(13)11(9)14/h3-5,15-16H,6-8H2,1-2H3. The van der Waals surface area contributed by atoms with Gasteiger partial charge in [-0.2, -0.15) is 0 Å². The molecule has 0 aliphatic rings. The van der Waals surface area contributed by atoms with Gasteiger partial charge in [0.2, 0.25) is 0 Å². The zero-order chi connectivity index (χ0) is 12.2. The van der Waals surface area contributed by atoms with Crippen LogP contribution in [-0.4, -0.2) is 17.3 Å². The maximum Gasteiger partial charge on any atom is 0.146 e. The van der Waals surface area contributed by atoms with Crippen LogP contribution in [0.1, 0.15) is 25.8 Å². The number of aliphatic hydroxyl groups excluding tert-OH is 1. The van der Waals surface area contributed by atoms with Gasteiger partial charge in [0.05, 0.1) is 5.02 Å². The molecule has 0 aliphatic carbocycles. The number of benzene rings is 1. The molecule has 0 fully saturated rings. The molecule has 0 heterocycles. The summed E-state index contributed by atoms with van der Waals surface area (Å²) in [6.45, 7) is 4.44. The van der Waals surface area contributed by atoms with Gasteiger partial charge in [0, 0.05) is 24.3 Å². The first-order valence-electron chi connectivity index (χ1n) is 5.25. The fourth-order valence-electron chi connectivity index (χ4n) is 1.39. The van der Waals surface area contributed by atoms with Crippen molar-refractivity contribution < 1.29 is 9.50 Å². The van der Waals surface area contributed by atoms with Crippen LogP contribution >= 0.6 is 11.6 Å². The van der Waals surface area contributed by atoms with Gasteiger partial charge >= 0.3 is 0 Å². The van der Waals surface area contributed by atoms with Crippen molar-refractivity contribution in [2.75, 3.05) is 6.61 Å². The Morgan fingerprint density at radius 2 is 2.12 bits per heavy atom. The van der Waals surface area contributed by atoms with Crippen molar-refractivity contribution in [3.63, 3.8) is 0 Å². The van der Waals surface area contributed by atoms with Crippen LogP contribution < -0.4 is 5.32 Å². The molecule has 0 atom stereocenters. The zero-order valence-corrected chi connectivity index (χ0v) is 10.3. The molecule has 2 N–H and O–H groups in total. The van der Waals surface area contributed by atoms with E-state index in [0.717, 1.165) is 0 Å². The summed E-state index contributed by atoms with van der Waals surface area (Å²) < 4.78 is 13.5. The third-order valence-electron chi connectivity index (χ3n) is 2.53. The third-order valence-corrected chi connectivity index (χ3v) is 2.82. The van der Waals surface area contributed by atoms with E-state index >= 15 is 0 Å². The van der Waals surface area contributed by atoms with Crippen molar-refractivity contribution in [1.29, 1.82) is 0 Å². The van der Waals surface area contributed by atoms with Crippen LogP contribution in [0.2, 0.25) is 5.02 Å². The second kappa shape index (κ2) is 5.62. The van der Waals surface area contributed by atoms with Gasteiger partial charge in [0.1, 0.15) is 5.82 Å². The molecule has 90 valence electrons. The summed E-state index contributed by atoms with van der Waals surface area (Å²) in [5.41, 5.74) is 0.322. The molecule has 0 amide bonds. The highest BCUT2D eigenvalue weighted by Crippen LogP contribution is 2.18. The van der Waals surface area contributed by atoms with E-state index in [2.05, 4.69) is 5.32 Å². The average molecular weight is 246 g/mol. The highest BCUT2D eigenvalue weighted by molar-refractivity contribution is 6.30. The minimum atomic E-state index is -0.378. The molecular weight excluding hydrogens is 229 g/mol. The molecule has 1 rings (SSSR count). The molecular formula is C12H17ClFNO. The molecule has 0 aromatic heterocycles. The van der Waals surface area contributed by atoms with Gasteiger partial charge in [0.15, 0.2) is 0 Å². The largest absolute Gasteiger partial charge is 0.396 e. The van der Waals surface area contributed by atoms with E-state index in [0.29, 0.717) is 18.5 Å². The molecule has 1 aromatic carbocycles. The predicted molar refractivity (Wildman–Crippen MR) is 64.0 cm³/mol. The summed E-state index contributed by atoms with van der Waals surface area (Å²) in [6, 6.07) is 4.95. The molecule has 2 nitrogen and oxygen atoms in total. The lowest BCUT2D eigenvalue weighted by atomic mass is 10.0. The second-order valence-corrected chi connectivity index (χ2v) is 4.83. The lowest BCUT2D eigenvalue weighted by molar-refractivity contribution is 0.229. The van der Waals surface area contributed by atoms with Crippen LogP contribution in [0, 0.1) is 5.82 Å². The Kier molecular flexibility index (Phi) is 4.71. The summed E-state index contributed by atoms with van der Waals surface area (Å²) in [5.74, 6) is -0.378. The monoisotopic (exact) mass is 245 g/mol. The van der Waals surface area contributed by atoms with Gasteiger partial charge in [-0.3, -0.25) is 0 Å². The van der Waals surface area contributed by atoms with Crippen LogP contribution in [-0.2, 0) is 6.54 Å². The van der Waals surface area contributed by atoms with E-state index < -0.39 is 0 Å². The van der Waals surface area contributed by atoms with Gasteiger partial charge in [-0.15, -0.1) is 0 Å². The quantitative estimate of drug-likeness (QED) is 0.836. The Bertz CT molecular complexity index is 355. The van der Waals surface area contributed by atoms with Crippen LogP contribution in [0.5, 0.6) is 0 Å². The molecule has 4 heteroatoms. The highest BCUT2D eigenvalue weighted by atomic mass is 35.5. The first-order chi connectivity index (χ1) is 7.46. The molecule has 0 bridgehead atoms. The lowest BCUT2D eigenvalue weighted by Gasteiger charge is -2.25. The smallest absolute Gasteiger partial charge is 0.146 e. The van der Waals surface area contributed by atoms with E-state index in [-0.39, 0.29) is 23.0 Å². The molecule has 0 saturated heterocycles. The molecule has 0 spiro atoms. The number of rotatable bonds is 5. The summed E-state index contributed by atoms with van der Waals surface area (Å²) in [6.07, 6.45) is 0.620. The number of aliphatic hydroxyl groups is 1. The Hall–Kier alpha value is -0.640. The minimum absolute atomic E-state index is 0.109. The van der Waals surface area contributed by atoms with Gasteiger partial charge in [-0.1, -0.05) is 23.7 Å². The zero-order valence-electron chi connectivity index (χ0n) is 9.56. The predicted octanol–water partition coefficient (Wildman–Crippen LogP) is 2.73. The van der Waals surface area contributed by atoms with Crippen molar-refractivity contribution in [1.82, 2.24) is 5.32 Å². The van der Waals surface area contributed by atoms with E-state index in [1.807, 2.05) is 13.8 Å². The van der Waals surface area contributed by atoms with E-state index in [4.69, 9.17) is 16.7 Å².